The van der Waals surface area contributed by atoms with Crippen LogP contribution < -0.4 is 0 Å². The quantitative estimate of drug-likeness (QED) is 0.671. The van der Waals surface area contributed by atoms with Crippen molar-refractivity contribution in [2.75, 3.05) is 13.2 Å². The topological polar surface area (TPSA) is 54.8 Å². The van der Waals surface area contributed by atoms with Gasteiger partial charge in [-0.1, -0.05) is 17.7 Å². The van der Waals surface area contributed by atoms with E-state index in [1.54, 1.807) is 13.0 Å². The largest absolute Gasteiger partial charge is 0.463 e. The summed E-state index contributed by atoms with van der Waals surface area (Å²) in [6.07, 6.45) is 2.72. The van der Waals surface area contributed by atoms with Crippen molar-refractivity contribution in [2.45, 2.75) is 32.2 Å². The molecule has 28 heavy (non-hydrogen) atoms. The SMILES string of the molecule is CCOC(=O)C1=C2CCCCN2C(c2ccsn2)=NC1c1ccc(F)cc1Cl. The number of allylic oxidation sites excluding steroid dienone is 1. The molecule has 3 heterocycles. The first-order chi connectivity index (χ1) is 13.6. The molecule has 0 bridgehead atoms. The minimum atomic E-state index is -0.659. The van der Waals surface area contributed by atoms with E-state index in [4.69, 9.17) is 21.3 Å². The lowest BCUT2D eigenvalue weighted by Crippen LogP contribution is -2.41. The molecule has 0 spiro atoms. The molecule has 2 aliphatic rings. The van der Waals surface area contributed by atoms with Gasteiger partial charge in [0, 0.05) is 28.2 Å². The zero-order valence-electron chi connectivity index (χ0n) is 15.3. The van der Waals surface area contributed by atoms with Crippen LogP contribution in [-0.2, 0) is 9.53 Å². The number of aliphatic imine (C=N–C) groups is 1. The molecule has 1 unspecified atom stereocenters. The normalized spacial score (nSPS) is 19.3. The number of carbonyl (C=O) groups excluding carboxylic acids is 1. The molecule has 1 aromatic heterocycles. The van der Waals surface area contributed by atoms with Crippen molar-refractivity contribution in [3.63, 3.8) is 0 Å². The first-order valence-electron chi connectivity index (χ1n) is 9.21. The predicted octanol–water partition coefficient (Wildman–Crippen LogP) is 4.74. The van der Waals surface area contributed by atoms with Gasteiger partial charge in [0.2, 0.25) is 0 Å². The van der Waals surface area contributed by atoms with Crippen LogP contribution >= 0.6 is 23.1 Å². The third kappa shape index (κ3) is 3.44. The van der Waals surface area contributed by atoms with E-state index in [2.05, 4.69) is 9.27 Å². The van der Waals surface area contributed by atoms with E-state index in [-0.39, 0.29) is 11.6 Å². The van der Waals surface area contributed by atoms with Gasteiger partial charge in [-0.05, 0) is 55.9 Å². The number of esters is 1. The number of halogens is 2. The second kappa shape index (κ2) is 8.01. The zero-order valence-corrected chi connectivity index (χ0v) is 16.9. The number of fused-ring (bicyclic) bond motifs is 1. The Morgan fingerprint density at radius 1 is 1.39 bits per heavy atom. The summed E-state index contributed by atoms with van der Waals surface area (Å²) < 4.78 is 23.4. The van der Waals surface area contributed by atoms with Crippen molar-refractivity contribution in [1.29, 1.82) is 0 Å². The molecule has 2 aromatic rings. The molecule has 0 aliphatic carbocycles. The summed E-state index contributed by atoms with van der Waals surface area (Å²) in [5.41, 5.74) is 2.72. The molecule has 0 amide bonds. The third-order valence-corrected chi connectivity index (χ3v) is 5.77. The summed E-state index contributed by atoms with van der Waals surface area (Å²) in [5, 5.41) is 2.13. The standard InChI is InChI=1S/C20H19ClFN3O2S/c1-2-27-20(26)17-16-5-3-4-9-25(16)19(15-8-10-28-24-15)23-18(17)13-7-6-12(22)11-14(13)21/h6-8,10-11,18H,2-5,9H2,1H3. The molecule has 2 aliphatic heterocycles. The van der Waals surface area contributed by atoms with E-state index < -0.39 is 17.8 Å². The highest BCUT2D eigenvalue weighted by molar-refractivity contribution is 7.03. The zero-order chi connectivity index (χ0) is 19.7. The Bertz CT molecular complexity index is 958. The smallest absolute Gasteiger partial charge is 0.338 e. The molecule has 0 N–H and O–H groups in total. The van der Waals surface area contributed by atoms with Crippen LogP contribution in [0, 0.1) is 5.82 Å². The van der Waals surface area contributed by atoms with Crippen LogP contribution in [-0.4, -0.2) is 34.2 Å². The maximum Gasteiger partial charge on any atom is 0.338 e. The molecule has 8 heteroatoms. The number of amidine groups is 1. The molecule has 1 atom stereocenters. The van der Waals surface area contributed by atoms with Gasteiger partial charge in [-0.25, -0.2) is 9.18 Å². The van der Waals surface area contributed by atoms with Crippen molar-refractivity contribution in [1.82, 2.24) is 9.27 Å². The molecular formula is C20H19ClFN3O2S. The molecule has 1 fully saturated rings. The predicted molar refractivity (Wildman–Crippen MR) is 107 cm³/mol. The van der Waals surface area contributed by atoms with Crippen LogP contribution in [0.3, 0.4) is 0 Å². The lowest BCUT2D eigenvalue weighted by molar-refractivity contribution is -0.139. The van der Waals surface area contributed by atoms with E-state index in [0.717, 1.165) is 43.0 Å². The average molecular weight is 420 g/mol. The molecular weight excluding hydrogens is 401 g/mol. The van der Waals surface area contributed by atoms with E-state index in [9.17, 15) is 9.18 Å². The van der Waals surface area contributed by atoms with Crippen molar-refractivity contribution in [3.05, 3.63) is 63.0 Å². The van der Waals surface area contributed by atoms with Crippen LogP contribution in [0.25, 0.3) is 0 Å². The number of carbonyl (C=O) groups is 1. The Kier molecular flexibility index (Phi) is 5.46. The summed E-state index contributed by atoms with van der Waals surface area (Å²) in [6.45, 7) is 2.80. The average Bonchev–Trinajstić information content (AvgIpc) is 3.21. The van der Waals surface area contributed by atoms with E-state index in [0.29, 0.717) is 11.1 Å². The lowest BCUT2D eigenvalue weighted by Gasteiger charge is -2.38. The molecule has 146 valence electrons. The van der Waals surface area contributed by atoms with E-state index in [1.807, 2.05) is 11.4 Å². The monoisotopic (exact) mass is 419 g/mol. The Balaban J connectivity index is 1.90. The number of nitrogens with zero attached hydrogens (tertiary/aromatic N) is 3. The highest BCUT2D eigenvalue weighted by Crippen LogP contribution is 2.41. The van der Waals surface area contributed by atoms with Crippen LogP contribution in [0.1, 0.15) is 43.5 Å². The number of benzene rings is 1. The van der Waals surface area contributed by atoms with Gasteiger partial charge in [0.15, 0.2) is 5.84 Å². The Morgan fingerprint density at radius 3 is 2.96 bits per heavy atom. The van der Waals surface area contributed by atoms with Crippen LogP contribution in [0.15, 0.2) is 45.9 Å². The minimum Gasteiger partial charge on any atom is -0.463 e. The van der Waals surface area contributed by atoms with Gasteiger partial charge < -0.3 is 9.64 Å². The van der Waals surface area contributed by atoms with Gasteiger partial charge >= 0.3 is 5.97 Å². The lowest BCUT2D eigenvalue weighted by atomic mass is 9.90. The molecule has 1 saturated heterocycles. The molecule has 1 aromatic carbocycles. The van der Waals surface area contributed by atoms with Crippen molar-refractivity contribution in [2.24, 2.45) is 4.99 Å². The molecule has 0 radical (unpaired) electrons. The highest BCUT2D eigenvalue weighted by atomic mass is 35.5. The molecule has 4 rings (SSSR count). The highest BCUT2D eigenvalue weighted by Gasteiger charge is 2.38. The van der Waals surface area contributed by atoms with Crippen LogP contribution in [0.4, 0.5) is 4.39 Å². The maximum absolute atomic E-state index is 13.6. The van der Waals surface area contributed by atoms with Crippen molar-refractivity contribution in [3.8, 4) is 0 Å². The van der Waals surface area contributed by atoms with Gasteiger partial charge in [0.1, 0.15) is 17.6 Å². The number of hydrogen-bond donors (Lipinski definition) is 0. The minimum absolute atomic E-state index is 0.234. The summed E-state index contributed by atoms with van der Waals surface area (Å²) in [5.74, 6) is -0.122. The van der Waals surface area contributed by atoms with Crippen LogP contribution in [0.2, 0.25) is 5.02 Å². The second-order valence-corrected chi connectivity index (χ2v) is 7.67. The fourth-order valence-corrected chi connectivity index (χ4v) is 4.46. The summed E-state index contributed by atoms with van der Waals surface area (Å²) in [6, 6.07) is 5.42. The summed E-state index contributed by atoms with van der Waals surface area (Å²) in [4.78, 5) is 19.8. The van der Waals surface area contributed by atoms with Crippen molar-refractivity contribution < 1.29 is 13.9 Å². The van der Waals surface area contributed by atoms with Crippen LogP contribution in [0.5, 0.6) is 0 Å². The van der Waals surface area contributed by atoms with Gasteiger partial charge in [0.25, 0.3) is 0 Å². The second-order valence-electron chi connectivity index (χ2n) is 6.60. The Labute approximate surface area is 171 Å². The number of ether oxygens (including phenoxy) is 1. The van der Waals surface area contributed by atoms with Gasteiger partial charge in [-0.2, -0.15) is 4.37 Å². The fourth-order valence-electron chi connectivity index (χ4n) is 3.68. The number of hydrogen-bond acceptors (Lipinski definition) is 6. The summed E-state index contributed by atoms with van der Waals surface area (Å²) in [7, 11) is 0. The van der Waals surface area contributed by atoms with Gasteiger partial charge in [-0.15, -0.1) is 0 Å². The third-order valence-electron chi connectivity index (χ3n) is 4.88. The first kappa shape index (κ1) is 19.1. The van der Waals surface area contributed by atoms with Crippen molar-refractivity contribution >= 4 is 34.9 Å². The summed E-state index contributed by atoms with van der Waals surface area (Å²) >= 11 is 7.70. The Morgan fingerprint density at radius 2 is 2.25 bits per heavy atom. The van der Waals surface area contributed by atoms with Gasteiger partial charge in [0.05, 0.1) is 12.2 Å². The fraction of sp³-hybridized carbons (Fsp3) is 0.350. The first-order valence-corrected chi connectivity index (χ1v) is 10.4. The number of aromatic nitrogens is 1. The molecule has 0 saturated carbocycles. The maximum atomic E-state index is 13.6. The van der Waals surface area contributed by atoms with Gasteiger partial charge in [-0.3, -0.25) is 4.99 Å². The van der Waals surface area contributed by atoms with E-state index in [1.165, 1.54) is 23.7 Å². The molecule has 5 nitrogen and oxygen atoms in total. The Hall–Kier alpha value is -2.25. The number of rotatable bonds is 4. The van der Waals surface area contributed by atoms with E-state index >= 15 is 0 Å². The number of piperidine rings is 1.